The molecule has 1 aromatic heterocycles. The summed E-state index contributed by atoms with van der Waals surface area (Å²) in [7, 11) is 0. The van der Waals surface area contributed by atoms with Crippen molar-refractivity contribution in [1.29, 1.82) is 0 Å². The van der Waals surface area contributed by atoms with Crippen LogP contribution in [0.4, 0.5) is 10.2 Å². The third-order valence-corrected chi connectivity index (χ3v) is 3.27. The molecule has 6 heteroatoms. The normalized spacial score (nSPS) is 14.9. The maximum absolute atomic E-state index is 13.8. The summed E-state index contributed by atoms with van der Waals surface area (Å²) >= 11 is 5.91. The minimum atomic E-state index is -0.406. The highest BCUT2D eigenvalue weighted by molar-refractivity contribution is 6.31. The minimum Gasteiger partial charge on any atom is -0.353 e. The monoisotopic (exact) mass is 296 g/mol. The molecule has 0 radical (unpaired) electrons. The van der Waals surface area contributed by atoms with Gasteiger partial charge < -0.3 is 10.2 Å². The van der Waals surface area contributed by atoms with E-state index in [9.17, 15) is 4.39 Å². The Bertz CT molecular complexity index is 585. The fourth-order valence-corrected chi connectivity index (χ4v) is 2.41. The van der Waals surface area contributed by atoms with Crippen molar-refractivity contribution >= 4 is 28.3 Å². The fraction of sp³-hybridized carbons (Fsp3) is 0.429. The highest BCUT2D eigenvalue weighted by Crippen LogP contribution is 2.28. The standard InChI is InChI=1S/C12H12ClFN4.C2H6/c13-8-5-9-11(10(14)6-8)16-7-17-12(9)18-3-1-15-2-4-18;1-2/h5-7,15H,1-4H2;1-2H3. The molecule has 3 rings (SSSR count). The highest BCUT2D eigenvalue weighted by Gasteiger charge is 2.16. The van der Waals surface area contributed by atoms with Crippen LogP contribution in [0.25, 0.3) is 10.9 Å². The van der Waals surface area contributed by atoms with E-state index in [0.29, 0.717) is 15.9 Å². The number of nitrogens with one attached hydrogen (secondary N) is 1. The summed E-state index contributed by atoms with van der Waals surface area (Å²) in [4.78, 5) is 10.4. The van der Waals surface area contributed by atoms with Gasteiger partial charge in [-0.25, -0.2) is 14.4 Å². The van der Waals surface area contributed by atoms with Crippen molar-refractivity contribution in [3.8, 4) is 0 Å². The van der Waals surface area contributed by atoms with Gasteiger partial charge in [0.25, 0.3) is 0 Å². The molecule has 1 saturated heterocycles. The molecule has 0 bridgehead atoms. The Hall–Kier alpha value is -1.46. The summed E-state index contributed by atoms with van der Waals surface area (Å²) in [6.45, 7) is 7.49. The molecule has 20 heavy (non-hydrogen) atoms. The number of hydrogen-bond acceptors (Lipinski definition) is 4. The number of anilines is 1. The van der Waals surface area contributed by atoms with Crippen LogP contribution < -0.4 is 10.2 Å². The second-order valence-electron chi connectivity index (χ2n) is 4.22. The van der Waals surface area contributed by atoms with Crippen molar-refractivity contribution in [3.63, 3.8) is 0 Å². The summed E-state index contributed by atoms with van der Waals surface area (Å²) in [5.74, 6) is 0.346. The molecule has 0 unspecified atom stereocenters. The van der Waals surface area contributed by atoms with Crippen LogP contribution in [0, 0.1) is 5.82 Å². The molecule has 108 valence electrons. The van der Waals surface area contributed by atoms with Gasteiger partial charge in [0.15, 0.2) is 5.82 Å². The van der Waals surface area contributed by atoms with Gasteiger partial charge in [0.2, 0.25) is 0 Å². The van der Waals surface area contributed by atoms with E-state index in [1.54, 1.807) is 6.07 Å². The topological polar surface area (TPSA) is 41.0 Å². The Balaban J connectivity index is 0.000000704. The average molecular weight is 297 g/mol. The van der Waals surface area contributed by atoms with Crippen molar-refractivity contribution in [2.45, 2.75) is 13.8 Å². The number of rotatable bonds is 1. The molecule has 2 aromatic rings. The zero-order valence-corrected chi connectivity index (χ0v) is 12.4. The molecule has 4 nitrogen and oxygen atoms in total. The molecule has 0 aliphatic carbocycles. The summed E-state index contributed by atoms with van der Waals surface area (Å²) in [5, 5.41) is 4.31. The van der Waals surface area contributed by atoms with E-state index in [1.807, 2.05) is 13.8 Å². The van der Waals surface area contributed by atoms with Crippen LogP contribution in [0.15, 0.2) is 18.5 Å². The first-order chi connectivity index (χ1) is 9.75. The second kappa shape index (κ2) is 6.81. The molecule has 0 saturated carbocycles. The number of hydrogen-bond donors (Lipinski definition) is 1. The van der Waals surface area contributed by atoms with Gasteiger partial charge in [-0.3, -0.25) is 0 Å². The summed E-state index contributed by atoms with van der Waals surface area (Å²) in [6, 6.07) is 3.00. The van der Waals surface area contributed by atoms with E-state index in [0.717, 1.165) is 32.0 Å². The lowest BCUT2D eigenvalue weighted by molar-refractivity contribution is 0.585. The van der Waals surface area contributed by atoms with Crippen molar-refractivity contribution in [3.05, 3.63) is 29.3 Å². The van der Waals surface area contributed by atoms with Gasteiger partial charge >= 0.3 is 0 Å². The van der Waals surface area contributed by atoms with E-state index in [-0.39, 0.29) is 0 Å². The molecule has 1 aliphatic heterocycles. The first-order valence-corrected chi connectivity index (χ1v) is 7.19. The Labute approximate surface area is 123 Å². The van der Waals surface area contributed by atoms with Crippen LogP contribution in [-0.2, 0) is 0 Å². The molecule has 2 heterocycles. The van der Waals surface area contributed by atoms with Crippen molar-refractivity contribution in [2.24, 2.45) is 0 Å². The molecule has 1 N–H and O–H groups in total. The largest absolute Gasteiger partial charge is 0.353 e. The number of piperazine rings is 1. The molecular formula is C14H18ClFN4. The predicted octanol–water partition coefficient (Wildman–Crippen LogP) is 2.86. The van der Waals surface area contributed by atoms with Crippen LogP contribution in [-0.4, -0.2) is 36.1 Å². The number of benzene rings is 1. The van der Waals surface area contributed by atoms with Gasteiger partial charge in [-0.1, -0.05) is 25.4 Å². The molecule has 0 atom stereocenters. The SMILES string of the molecule is CC.Fc1cc(Cl)cc2c(N3CCNCC3)ncnc12. The molecular weight excluding hydrogens is 279 g/mol. The Morgan fingerprint density at radius 1 is 1.20 bits per heavy atom. The van der Waals surface area contributed by atoms with Gasteiger partial charge in [-0.2, -0.15) is 0 Å². The Kier molecular flexibility index (Phi) is 5.09. The number of fused-ring (bicyclic) bond motifs is 1. The predicted molar refractivity (Wildman–Crippen MR) is 80.9 cm³/mol. The van der Waals surface area contributed by atoms with Crippen molar-refractivity contribution in [2.75, 3.05) is 31.1 Å². The molecule has 1 fully saturated rings. The maximum Gasteiger partial charge on any atom is 0.151 e. The smallest absolute Gasteiger partial charge is 0.151 e. The second-order valence-corrected chi connectivity index (χ2v) is 4.65. The lowest BCUT2D eigenvalue weighted by atomic mass is 10.2. The first-order valence-electron chi connectivity index (χ1n) is 6.81. The van der Waals surface area contributed by atoms with Crippen molar-refractivity contribution in [1.82, 2.24) is 15.3 Å². The third kappa shape index (κ3) is 2.99. The molecule has 1 aliphatic rings. The Morgan fingerprint density at radius 2 is 1.90 bits per heavy atom. The summed E-state index contributed by atoms with van der Waals surface area (Å²) in [6.07, 6.45) is 1.40. The van der Waals surface area contributed by atoms with E-state index in [1.165, 1.54) is 12.4 Å². The van der Waals surface area contributed by atoms with Crippen LogP contribution in [0.5, 0.6) is 0 Å². The van der Waals surface area contributed by atoms with Gasteiger partial charge in [0.1, 0.15) is 17.7 Å². The van der Waals surface area contributed by atoms with Crippen molar-refractivity contribution < 1.29 is 4.39 Å². The molecule has 1 aromatic carbocycles. The molecule has 0 spiro atoms. The van der Waals surface area contributed by atoms with E-state index in [2.05, 4.69) is 20.2 Å². The van der Waals surface area contributed by atoms with E-state index in [4.69, 9.17) is 11.6 Å². The zero-order valence-electron chi connectivity index (χ0n) is 11.7. The lowest BCUT2D eigenvalue weighted by Crippen LogP contribution is -2.44. The summed E-state index contributed by atoms with van der Waals surface area (Å²) in [5.41, 5.74) is 0.322. The van der Waals surface area contributed by atoms with Crippen LogP contribution in [0.1, 0.15) is 13.8 Å². The number of aromatic nitrogens is 2. The molecule has 0 amide bonds. The quantitative estimate of drug-likeness (QED) is 0.878. The summed E-state index contributed by atoms with van der Waals surface area (Å²) < 4.78 is 13.8. The van der Waals surface area contributed by atoms with Gasteiger partial charge in [0.05, 0.1) is 0 Å². The minimum absolute atomic E-state index is 0.322. The lowest BCUT2D eigenvalue weighted by Gasteiger charge is -2.29. The maximum atomic E-state index is 13.8. The fourth-order valence-electron chi connectivity index (χ4n) is 2.21. The van der Waals surface area contributed by atoms with Crippen LogP contribution in [0.3, 0.4) is 0 Å². The number of halogens is 2. The highest BCUT2D eigenvalue weighted by atomic mass is 35.5. The van der Waals surface area contributed by atoms with Crippen LogP contribution >= 0.6 is 11.6 Å². The van der Waals surface area contributed by atoms with Gasteiger partial charge in [-0.15, -0.1) is 0 Å². The van der Waals surface area contributed by atoms with E-state index < -0.39 is 5.82 Å². The van der Waals surface area contributed by atoms with Gasteiger partial charge in [0, 0.05) is 36.6 Å². The van der Waals surface area contributed by atoms with Gasteiger partial charge in [-0.05, 0) is 12.1 Å². The zero-order chi connectivity index (χ0) is 14.5. The average Bonchev–Trinajstić information content (AvgIpc) is 2.49. The first kappa shape index (κ1) is 14.9. The van der Waals surface area contributed by atoms with Crippen LogP contribution in [0.2, 0.25) is 5.02 Å². The third-order valence-electron chi connectivity index (χ3n) is 3.05. The van der Waals surface area contributed by atoms with E-state index >= 15 is 0 Å². The number of nitrogens with zero attached hydrogens (tertiary/aromatic N) is 3. The Morgan fingerprint density at radius 3 is 2.60 bits per heavy atom.